The van der Waals surface area contributed by atoms with Gasteiger partial charge in [0, 0.05) is 7.05 Å². The Morgan fingerprint density at radius 1 is 1.40 bits per heavy atom. The molecule has 0 saturated carbocycles. The van der Waals surface area contributed by atoms with E-state index in [9.17, 15) is 0 Å². The Morgan fingerprint density at radius 2 is 2.00 bits per heavy atom. The van der Waals surface area contributed by atoms with E-state index in [2.05, 4.69) is 37.2 Å². The minimum Gasteiger partial charge on any atom is -0.222 e. The van der Waals surface area contributed by atoms with Gasteiger partial charge in [-0.25, -0.2) is 10.9 Å². The highest BCUT2D eigenvalue weighted by Crippen LogP contribution is 2.14. The van der Waals surface area contributed by atoms with Crippen LogP contribution in [0, 0.1) is 5.92 Å². The Labute approximate surface area is 61.9 Å². The molecule has 10 heavy (non-hydrogen) atoms. The van der Waals surface area contributed by atoms with Gasteiger partial charge in [-0.05, 0) is 12.8 Å². The van der Waals surface area contributed by atoms with Gasteiger partial charge in [-0.2, -0.15) is 10.7 Å². The van der Waals surface area contributed by atoms with Crippen LogP contribution < -0.4 is 16.4 Å². The fourth-order valence-electron chi connectivity index (χ4n) is 0.878. The molecule has 0 spiro atoms. The summed E-state index contributed by atoms with van der Waals surface area (Å²) in [7, 11) is 1.93. The standard InChI is InChI=1S/C6H16N4/c1-5(2)6(3)7-9-10(4)8-6/h5,7-9H,1-4H3/t6-/m0/s1. The normalized spacial score (nSPS) is 35.7. The lowest BCUT2D eigenvalue weighted by atomic mass is 10.0. The van der Waals surface area contributed by atoms with E-state index < -0.39 is 0 Å². The summed E-state index contributed by atoms with van der Waals surface area (Å²) in [6.45, 7) is 6.45. The number of hydrazine groups is 3. The highest BCUT2D eigenvalue weighted by Gasteiger charge is 2.33. The average molecular weight is 144 g/mol. The Kier molecular flexibility index (Phi) is 1.96. The van der Waals surface area contributed by atoms with Crippen molar-refractivity contribution in [3.63, 3.8) is 0 Å². The summed E-state index contributed by atoms with van der Waals surface area (Å²) in [6, 6.07) is 0. The third-order valence-electron chi connectivity index (χ3n) is 2.04. The fraction of sp³-hybridized carbons (Fsp3) is 1.00. The molecule has 3 N–H and O–H groups in total. The summed E-state index contributed by atoms with van der Waals surface area (Å²) in [5.41, 5.74) is 9.33. The highest BCUT2D eigenvalue weighted by molar-refractivity contribution is 4.82. The van der Waals surface area contributed by atoms with Crippen molar-refractivity contribution in [1.29, 1.82) is 0 Å². The lowest BCUT2D eigenvalue weighted by Crippen LogP contribution is -2.52. The third kappa shape index (κ3) is 1.29. The van der Waals surface area contributed by atoms with Crippen LogP contribution in [0.5, 0.6) is 0 Å². The molecule has 0 aromatic heterocycles. The molecule has 0 radical (unpaired) electrons. The molecular formula is C6H16N4. The van der Waals surface area contributed by atoms with Crippen LogP contribution >= 0.6 is 0 Å². The lowest BCUT2D eigenvalue weighted by molar-refractivity contribution is 0.174. The van der Waals surface area contributed by atoms with Gasteiger partial charge in [0.05, 0.1) is 5.66 Å². The fourth-order valence-corrected chi connectivity index (χ4v) is 0.878. The van der Waals surface area contributed by atoms with Crippen LogP contribution in [0.1, 0.15) is 20.8 Å². The first-order valence-corrected chi connectivity index (χ1v) is 3.59. The summed E-state index contributed by atoms with van der Waals surface area (Å²) in [5.74, 6) is 0.546. The third-order valence-corrected chi connectivity index (χ3v) is 2.04. The molecule has 0 unspecified atom stereocenters. The topological polar surface area (TPSA) is 39.3 Å². The van der Waals surface area contributed by atoms with Gasteiger partial charge in [-0.1, -0.05) is 13.8 Å². The van der Waals surface area contributed by atoms with E-state index in [0.717, 1.165) is 0 Å². The molecular weight excluding hydrogens is 128 g/mol. The average Bonchev–Trinajstić information content (AvgIpc) is 2.13. The van der Waals surface area contributed by atoms with Crippen molar-refractivity contribution in [3.8, 4) is 0 Å². The van der Waals surface area contributed by atoms with E-state index in [1.54, 1.807) is 0 Å². The Hall–Kier alpha value is -0.160. The molecule has 0 aromatic rings. The van der Waals surface area contributed by atoms with E-state index >= 15 is 0 Å². The predicted molar refractivity (Wildman–Crippen MR) is 40.4 cm³/mol. The number of hydrogen-bond acceptors (Lipinski definition) is 4. The zero-order valence-corrected chi connectivity index (χ0v) is 7.02. The Bertz CT molecular complexity index is 125. The van der Waals surface area contributed by atoms with Crippen molar-refractivity contribution in [2.75, 3.05) is 7.05 Å². The van der Waals surface area contributed by atoms with Crippen molar-refractivity contribution >= 4 is 0 Å². The predicted octanol–water partition coefficient (Wildman–Crippen LogP) is -0.182. The largest absolute Gasteiger partial charge is 0.222 e. The smallest absolute Gasteiger partial charge is 0.0966 e. The molecule has 1 fully saturated rings. The van der Waals surface area contributed by atoms with Crippen LogP contribution in [0.25, 0.3) is 0 Å². The van der Waals surface area contributed by atoms with Gasteiger partial charge in [0.25, 0.3) is 0 Å². The maximum atomic E-state index is 3.24. The Morgan fingerprint density at radius 3 is 2.20 bits per heavy atom. The van der Waals surface area contributed by atoms with Gasteiger partial charge in [0.2, 0.25) is 0 Å². The maximum Gasteiger partial charge on any atom is 0.0966 e. The van der Waals surface area contributed by atoms with Gasteiger partial charge in [-0.3, -0.25) is 0 Å². The van der Waals surface area contributed by atoms with E-state index in [1.807, 2.05) is 12.2 Å². The quantitative estimate of drug-likeness (QED) is 0.477. The van der Waals surface area contributed by atoms with Crippen molar-refractivity contribution in [1.82, 2.24) is 21.5 Å². The minimum absolute atomic E-state index is 0.0191. The second-order valence-electron chi connectivity index (χ2n) is 3.26. The minimum atomic E-state index is -0.0191. The van der Waals surface area contributed by atoms with Gasteiger partial charge in [0.15, 0.2) is 0 Å². The van der Waals surface area contributed by atoms with E-state index in [1.165, 1.54) is 0 Å². The summed E-state index contributed by atoms with van der Waals surface area (Å²) < 4.78 is 0. The molecule has 1 heterocycles. The molecule has 4 heteroatoms. The summed E-state index contributed by atoms with van der Waals surface area (Å²) in [5, 5.41) is 1.82. The molecule has 4 nitrogen and oxygen atoms in total. The van der Waals surface area contributed by atoms with Crippen LogP contribution in [0.15, 0.2) is 0 Å². The maximum absolute atomic E-state index is 3.24. The number of rotatable bonds is 1. The van der Waals surface area contributed by atoms with Gasteiger partial charge < -0.3 is 0 Å². The summed E-state index contributed by atoms with van der Waals surface area (Å²) in [6.07, 6.45) is 0. The first-order chi connectivity index (χ1) is 4.54. The summed E-state index contributed by atoms with van der Waals surface area (Å²) in [4.78, 5) is 0. The van der Waals surface area contributed by atoms with E-state index in [4.69, 9.17) is 0 Å². The van der Waals surface area contributed by atoms with E-state index in [0.29, 0.717) is 5.92 Å². The van der Waals surface area contributed by atoms with Gasteiger partial charge >= 0.3 is 0 Å². The number of nitrogens with one attached hydrogen (secondary N) is 3. The van der Waals surface area contributed by atoms with Crippen molar-refractivity contribution in [3.05, 3.63) is 0 Å². The van der Waals surface area contributed by atoms with Crippen LogP contribution in [0.3, 0.4) is 0 Å². The second-order valence-corrected chi connectivity index (χ2v) is 3.26. The molecule has 0 aromatic carbocycles. The van der Waals surface area contributed by atoms with Crippen molar-refractivity contribution < 1.29 is 0 Å². The van der Waals surface area contributed by atoms with Crippen molar-refractivity contribution in [2.24, 2.45) is 5.92 Å². The van der Waals surface area contributed by atoms with Gasteiger partial charge in [0.1, 0.15) is 0 Å². The second kappa shape index (κ2) is 2.47. The molecule has 0 aliphatic carbocycles. The number of hydrogen-bond donors (Lipinski definition) is 3. The van der Waals surface area contributed by atoms with Crippen LogP contribution in [0.2, 0.25) is 0 Å². The van der Waals surface area contributed by atoms with E-state index in [-0.39, 0.29) is 5.66 Å². The van der Waals surface area contributed by atoms with Crippen molar-refractivity contribution in [2.45, 2.75) is 26.4 Å². The van der Waals surface area contributed by atoms with Crippen LogP contribution in [-0.2, 0) is 0 Å². The van der Waals surface area contributed by atoms with Gasteiger partial charge in [-0.15, -0.1) is 0 Å². The molecule has 1 saturated heterocycles. The molecule has 60 valence electrons. The monoisotopic (exact) mass is 144 g/mol. The molecule has 0 bridgehead atoms. The molecule has 1 aliphatic heterocycles. The molecule has 1 rings (SSSR count). The molecule has 1 aliphatic rings. The molecule has 0 amide bonds. The first kappa shape index (κ1) is 7.94. The first-order valence-electron chi connectivity index (χ1n) is 3.59. The molecule has 1 atom stereocenters. The highest BCUT2D eigenvalue weighted by atomic mass is 15.9. The van der Waals surface area contributed by atoms with Crippen LogP contribution in [0.4, 0.5) is 0 Å². The Balaban J connectivity index is 2.54. The summed E-state index contributed by atoms with van der Waals surface area (Å²) >= 11 is 0. The zero-order valence-electron chi connectivity index (χ0n) is 7.02. The number of nitrogens with zero attached hydrogens (tertiary/aromatic N) is 1. The zero-order chi connectivity index (χ0) is 7.78. The SMILES string of the molecule is CC(C)[C@@]1(C)NNN(C)N1. The lowest BCUT2D eigenvalue weighted by Gasteiger charge is -2.27. The van der Waals surface area contributed by atoms with Crippen LogP contribution in [-0.4, -0.2) is 17.8 Å².